The molecule has 0 aliphatic rings. The highest BCUT2D eigenvalue weighted by molar-refractivity contribution is 5.66. The third kappa shape index (κ3) is 31.2. The van der Waals surface area contributed by atoms with Gasteiger partial charge in [0.25, 0.3) is 0 Å². The van der Waals surface area contributed by atoms with Crippen LogP contribution >= 0.6 is 0 Å². The lowest BCUT2D eigenvalue weighted by Crippen LogP contribution is -1.97. The summed E-state index contributed by atoms with van der Waals surface area (Å²) in [6.07, 6.45) is 16.8. The van der Waals surface area contributed by atoms with Crippen LogP contribution in [-0.4, -0.2) is 28.7 Å². The Kier molecular flexibility index (Phi) is 23.9. The molecule has 0 heterocycles. The predicted molar refractivity (Wildman–Crippen MR) is 104 cm³/mol. The fourth-order valence-corrected chi connectivity index (χ4v) is 2.54. The Hall–Kier alpha value is -1.10. The van der Waals surface area contributed by atoms with Gasteiger partial charge in [0.15, 0.2) is 0 Å². The van der Waals surface area contributed by atoms with Crippen molar-refractivity contribution >= 4 is 11.9 Å². The SMILES string of the molecule is CCCCCCCCCCN.O=C(O)CCCCCCCCC(=O)O. The highest BCUT2D eigenvalue weighted by atomic mass is 16.4. The van der Waals surface area contributed by atoms with E-state index in [0.29, 0.717) is 0 Å². The molecule has 0 atom stereocenters. The summed E-state index contributed by atoms with van der Waals surface area (Å²) in [7, 11) is 0. The summed E-state index contributed by atoms with van der Waals surface area (Å²) in [5, 5.41) is 16.7. The van der Waals surface area contributed by atoms with Gasteiger partial charge in [-0.1, -0.05) is 77.6 Å². The molecular formula is C20H41NO4. The maximum atomic E-state index is 10.1. The van der Waals surface area contributed by atoms with E-state index in [9.17, 15) is 9.59 Å². The number of carboxylic acid groups (broad SMARTS) is 2. The van der Waals surface area contributed by atoms with E-state index < -0.39 is 11.9 Å². The number of aliphatic carboxylic acids is 2. The van der Waals surface area contributed by atoms with Crippen LogP contribution in [0.5, 0.6) is 0 Å². The molecule has 5 nitrogen and oxygen atoms in total. The van der Waals surface area contributed by atoms with Crippen LogP contribution in [0.2, 0.25) is 0 Å². The molecular weight excluding hydrogens is 318 g/mol. The number of hydrogen-bond acceptors (Lipinski definition) is 3. The topological polar surface area (TPSA) is 101 Å². The van der Waals surface area contributed by atoms with E-state index in [0.717, 1.165) is 45.1 Å². The van der Waals surface area contributed by atoms with E-state index in [4.69, 9.17) is 15.9 Å². The number of hydrogen-bond donors (Lipinski definition) is 3. The van der Waals surface area contributed by atoms with Crippen LogP contribution in [0.3, 0.4) is 0 Å². The third-order valence-corrected chi connectivity index (χ3v) is 4.09. The molecule has 0 rings (SSSR count). The molecule has 0 spiro atoms. The summed E-state index contributed by atoms with van der Waals surface area (Å²) in [6, 6.07) is 0. The normalized spacial score (nSPS) is 10.2. The van der Waals surface area contributed by atoms with E-state index in [-0.39, 0.29) is 12.8 Å². The summed E-state index contributed by atoms with van der Waals surface area (Å²) < 4.78 is 0. The van der Waals surface area contributed by atoms with E-state index in [2.05, 4.69) is 6.92 Å². The lowest BCUT2D eigenvalue weighted by atomic mass is 10.1. The van der Waals surface area contributed by atoms with Crippen molar-refractivity contribution < 1.29 is 19.8 Å². The van der Waals surface area contributed by atoms with E-state index in [1.165, 1.54) is 51.4 Å². The van der Waals surface area contributed by atoms with Gasteiger partial charge in [-0.3, -0.25) is 9.59 Å². The average molecular weight is 360 g/mol. The molecule has 0 aromatic rings. The maximum absolute atomic E-state index is 10.1. The van der Waals surface area contributed by atoms with Crippen LogP contribution in [0.1, 0.15) is 110 Å². The van der Waals surface area contributed by atoms with Gasteiger partial charge in [-0.15, -0.1) is 0 Å². The molecule has 0 unspecified atom stereocenters. The van der Waals surface area contributed by atoms with Crippen LogP contribution in [0, 0.1) is 0 Å². The monoisotopic (exact) mass is 359 g/mol. The van der Waals surface area contributed by atoms with Crippen molar-refractivity contribution in [2.75, 3.05) is 6.54 Å². The van der Waals surface area contributed by atoms with Crippen LogP contribution in [0.15, 0.2) is 0 Å². The highest BCUT2D eigenvalue weighted by Gasteiger charge is 1.98. The summed E-state index contributed by atoms with van der Waals surface area (Å²) in [5.41, 5.74) is 5.39. The van der Waals surface area contributed by atoms with Crippen molar-refractivity contribution in [1.82, 2.24) is 0 Å². The Balaban J connectivity index is 0. The molecule has 0 aromatic heterocycles. The first-order valence-electron chi connectivity index (χ1n) is 10.2. The summed E-state index contributed by atoms with van der Waals surface area (Å²) >= 11 is 0. The first kappa shape index (κ1) is 26.1. The molecule has 25 heavy (non-hydrogen) atoms. The van der Waals surface area contributed by atoms with E-state index >= 15 is 0 Å². The first-order valence-corrected chi connectivity index (χ1v) is 10.2. The first-order chi connectivity index (χ1) is 12.0. The van der Waals surface area contributed by atoms with Crippen molar-refractivity contribution in [3.8, 4) is 0 Å². The molecule has 0 fully saturated rings. The second kappa shape index (κ2) is 22.9. The fraction of sp³-hybridized carbons (Fsp3) is 0.900. The van der Waals surface area contributed by atoms with E-state index in [1.807, 2.05) is 0 Å². The summed E-state index contributed by atoms with van der Waals surface area (Å²) in [6.45, 7) is 3.13. The number of carbonyl (C=O) groups is 2. The van der Waals surface area contributed by atoms with Crippen LogP contribution in [0.4, 0.5) is 0 Å². The highest BCUT2D eigenvalue weighted by Crippen LogP contribution is 2.08. The Bertz CT molecular complexity index is 267. The molecule has 0 aliphatic carbocycles. The molecule has 0 aliphatic heterocycles. The number of carboxylic acids is 2. The summed E-state index contributed by atoms with van der Waals surface area (Å²) in [5.74, 6) is -1.48. The minimum absolute atomic E-state index is 0.245. The molecule has 0 aromatic carbocycles. The molecule has 0 bridgehead atoms. The standard InChI is InChI=1S/C10H23N.C10H18O4/c1-2-3-4-5-6-7-8-9-10-11;11-9(12)7-5-3-1-2-4-6-8-10(13)14/h2-11H2,1H3;1-8H2,(H,11,12)(H,13,14). The predicted octanol–water partition coefficient (Wildman–Crippen LogP) is 5.36. The van der Waals surface area contributed by atoms with Gasteiger partial charge in [-0.05, 0) is 25.8 Å². The van der Waals surface area contributed by atoms with Crippen molar-refractivity contribution in [3.05, 3.63) is 0 Å². The zero-order chi connectivity index (χ0) is 19.2. The quantitative estimate of drug-likeness (QED) is 0.303. The van der Waals surface area contributed by atoms with Gasteiger partial charge in [-0.2, -0.15) is 0 Å². The minimum Gasteiger partial charge on any atom is -0.481 e. The Labute approximate surface area is 154 Å². The maximum Gasteiger partial charge on any atom is 0.303 e. The molecule has 150 valence electrons. The second-order valence-electron chi connectivity index (χ2n) is 6.67. The third-order valence-electron chi connectivity index (χ3n) is 4.09. The smallest absolute Gasteiger partial charge is 0.303 e. The van der Waals surface area contributed by atoms with Gasteiger partial charge in [-0.25, -0.2) is 0 Å². The zero-order valence-corrected chi connectivity index (χ0v) is 16.3. The van der Waals surface area contributed by atoms with Gasteiger partial charge in [0, 0.05) is 12.8 Å². The second-order valence-corrected chi connectivity index (χ2v) is 6.67. The van der Waals surface area contributed by atoms with Crippen molar-refractivity contribution in [2.24, 2.45) is 5.73 Å². The van der Waals surface area contributed by atoms with Gasteiger partial charge < -0.3 is 15.9 Å². The van der Waals surface area contributed by atoms with Crippen LogP contribution in [0.25, 0.3) is 0 Å². The zero-order valence-electron chi connectivity index (χ0n) is 16.3. The summed E-state index contributed by atoms with van der Waals surface area (Å²) in [4.78, 5) is 20.3. The van der Waals surface area contributed by atoms with Crippen LogP contribution in [-0.2, 0) is 9.59 Å². The largest absolute Gasteiger partial charge is 0.481 e. The molecule has 0 saturated heterocycles. The molecule has 4 N–H and O–H groups in total. The lowest BCUT2D eigenvalue weighted by molar-refractivity contribution is -0.138. The van der Waals surface area contributed by atoms with E-state index in [1.54, 1.807) is 0 Å². The molecule has 0 radical (unpaired) electrons. The van der Waals surface area contributed by atoms with Crippen LogP contribution < -0.4 is 5.73 Å². The molecule has 0 saturated carbocycles. The molecule has 5 heteroatoms. The Morgan fingerprint density at radius 1 is 0.600 bits per heavy atom. The van der Waals surface area contributed by atoms with Crippen molar-refractivity contribution in [2.45, 2.75) is 110 Å². The number of unbranched alkanes of at least 4 members (excludes halogenated alkanes) is 12. The van der Waals surface area contributed by atoms with Gasteiger partial charge in [0.05, 0.1) is 0 Å². The number of nitrogens with two attached hydrogens (primary N) is 1. The van der Waals surface area contributed by atoms with Crippen molar-refractivity contribution in [1.29, 1.82) is 0 Å². The van der Waals surface area contributed by atoms with Gasteiger partial charge in [0.2, 0.25) is 0 Å². The van der Waals surface area contributed by atoms with Crippen molar-refractivity contribution in [3.63, 3.8) is 0 Å². The number of rotatable bonds is 17. The van der Waals surface area contributed by atoms with Gasteiger partial charge >= 0.3 is 11.9 Å². The minimum atomic E-state index is -0.740. The van der Waals surface area contributed by atoms with Gasteiger partial charge in [0.1, 0.15) is 0 Å². The molecule has 0 amide bonds. The Morgan fingerprint density at radius 3 is 1.24 bits per heavy atom. The lowest BCUT2D eigenvalue weighted by Gasteiger charge is -1.99. The average Bonchev–Trinajstić information content (AvgIpc) is 2.56. The Morgan fingerprint density at radius 2 is 0.920 bits per heavy atom. The fourth-order valence-electron chi connectivity index (χ4n) is 2.54.